The lowest BCUT2D eigenvalue weighted by Crippen LogP contribution is -2.16. The lowest BCUT2D eigenvalue weighted by atomic mass is 10.2. The van der Waals surface area contributed by atoms with Gasteiger partial charge in [-0.15, -0.1) is 0 Å². The van der Waals surface area contributed by atoms with E-state index in [0.29, 0.717) is 12.4 Å². The number of hydrogen-bond acceptors (Lipinski definition) is 4. The van der Waals surface area contributed by atoms with E-state index in [2.05, 4.69) is 20.3 Å². The van der Waals surface area contributed by atoms with Gasteiger partial charge in [-0.25, -0.2) is 9.97 Å². The zero-order chi connectivity index (χ0) is 13.7. The molecule has 0 saturated carbocycles. The quantitative estimate of drug-likeness (QED) is 0.835. The van der Waals surface area contributed by atoms with Gasteiger partial charge in [0, 0.05) is 36.7 Å². The van der Waals surface area contributed by atoms with Crippen molar-refractivity contribution in [1.29, 1.82) is 0 Å². The molecule has 19 heavy (non-hydrogen) atoms. The average Bonchev–Trinajstić information content (AvgIpc) is 2.77. The SMILES string of the molecule is Cc1ncc(CNCc2cccnc2OC(C)C)[nH]1. The van der Waals surface area contributed by atoms with Crippen LogP contribution in [0.1, 0.15) is 30.9 Å². The summed E-state index contributed by atoms with van der Waals surface area (Å²) in [6.07, 6.45) is 3.72. The smallest absolute Gasteiger partial charge is 0.218 e. The van der Waals surface area contributed by atoms with Crippen molar-refractivity contribution in [1.82, 2.24) is 20.3 Å². The fourth-order valence-corrected chi connectivity index (χ4v) is 1.78. The van der Waals surface area contributed by atoms with Gasteiger partial charge in [0.2, 0.25) is 5.88 Å². The maximum absolute atomic E-state index is 5.68. The third-order valence-corrected chi connectivity index (χ3v) is 2.58. The van der Waals surface area contributed by atoms with E-state index in [1.165, 1.54) is 0 Å². The molecule has 2 aromatic heterocycles. The summed E-state index contributed by atoms with van der Waals surface area (Å²) in [7, 11) is 0. The first-order chi connectivity index (χ1) is 9.15. The van der Waals surface area contributed by atoms with Crippen LogP contribution >= 0.6 is 0 Å². The highest BCUT2D eigenvalue weighted by Crippen LogP contribution is 2.15. The van der Waals surface area contributed by atoms with Crippen LogP contribution in [0.3, 0.4) is 0 Å². The van der Waals surface area contributed by atoms with Crippen molar-refractivity contribution >= 4 is 0 Å². The predicted octanol–water partition coefficient (Wildman–Crippen LogP) is 2.19. The number of hydrogen-bond donors (Lipinski definition) is 2. The molecule has 0 aliphatic carbocycles. The largest absolute Gasteiger partial charge is 0.475 e. The predicted molar refractivity (Wildman–Crippen MR) is 73.9 cm³/mol. The van der Waals surface area contributed by atoms with Crippen molar-refractivity contribution in [3.05, 3.63) is 41.6 Å². The molecular weight excluding hydrogens is 240 g/mol. The van der Waals surface area contributed by atoms with Gasteiger partial charge < -0.3 is 15.0 Å². The van der Waals surface area contributed by atoms with E-state index < -0.39 is 0 Å². The molecule has 0 fully saturated rings. The van der Waals surface area contributed by atoms with Crippen LogP contribution in [0.4, 0.5) is 0 Å². The number of nitrogens with one attached hydrogen (secondary N) is 2. The van der Waals surface area contributed by atoms with Crippen molar-refractivity contribution < 1.29 is 4.74 Å². The van der Waals surface area contributed by atoms with Gasteiger partial charge in [0.05, 0.1) is 6.10 Å². The van der Waals surface area contributed by atoms with E-state index in [1.54, 1.807) is 6.20 Å². The highest BCUT2D eigenvalue weighted by atomic mass is 16.5. The first-order valence-corrected chi connectivity index (χ1v) is 6.47. The van der Waals surface area contributed by atoms with Gasteiger partial charge in [-0.2, -0.15) is 0 Å². The Balaban J connectivity index is 1.92. The van der Waals surface area contributed by atoms with Gasteiger partial charge in [-0.05, 0) is 26.8 Å². The summed E-state index contributed by atoms with van der Waals surface area (Å²) in [5.41, 5.74) is 2.14. The number of pyridine rings is 1. The van der Waals surface area contributed by atoms with Gasteiger partial charge in [0.1, 0.15) is 5.82 Å². The van der Waals surface area contributed by atoms with Crippen molar-refractivity contribution in [2.75, 3.05) is 0 Å². The summed E-state index contributed by atoms with van der Waals surface area (Å²) in [6.45, 7) is 7.41. The van der Waals surface area contributed by atoms with Gasteiger partial charge in [-0.1, -0.05) is 6.07 Å². The number of aryl methyl sites for hydroxylation is 1. The topological polar surface area (TPSA) is 62.8 Å². The normalized spacial score (nSPS) is 10.9. The van der Waals surface area contributed by atoms with Crippen LogP contribution in [0, 0.1) is 6.92 Å². The number of rotatable bonds is 6. The van der Waals surface area contributed by atoms with Crippen LogP contribution in [0.5, 0.6) is 5.88 Å². The molecule has 0 bridgehead atoms. The molecule has 0 aromatic carbocycles. The van der Waals surface area contributed by atoms with Crippen LogP contribution in [0.2, 0.25) is 0 Å². The number of ether oxygens (including phenoxy) is 1. The average molecular weight is 260 g/mol. The molecule has 0 spiro atoms. The van der Waals surface area contributed by atoms with E-state index in [9.17, 15) is 0 Å². The molecule has 2 heterocycles. The molecule has 102 valence electrons. The Hall–Kier alpha value is -1.88. The summed E-state index contributed by atoms with van der Waals surface area (Å²) in [4.78, 5) is 11.6. The van der Waals surface area contributed by atoms with Crippen molar-refractivity contribution in [2.45, 2.75) is 40.0 Å². The van der Waals surface area contributed by atoms with Crippen molar-refractivity contribution in [3.8, 4) is 5.88 Å². The van der Waals surface area contributed by atoms with Crippen molar-refractivity contribution in [2.24, 2.45) is 0 Å². The highest BCUT2D eigenvalue weighted by molar-refractivity contribution is 5.25. The molecule has 5 nitrogen and oxygen atoms in total. The zero-order valence-electron chi connectivity index (χ0n) is 11.6. The number of aromatic nitrogens is 3. The standard InChI is InChI=1S/C14H20N4O/c1-10(2)19-14-12(5-4-6-16-14)7-15-8-13-9-17-11(3)18-13/h4-6,9-10,15H,7-8H2,1-3H3,(H,17,18). The second-order valence-corrected chi connectivity index (χ2v) is 4.73. The molecule has 0 aliphatic rings. The van der Waals surface area contributed by atoms with Gasteiger partial charge in [0.25, 0.3) is 0 Å². The van der Waals surface area contributed by atoms with Crippen LogP contribution in [0.25, 0.3) is 0 Å². The molecular formula is C14H20N4O. The van der Waals surface area contributed by atoms with E-state index in [0.717, 1.165) is 23.6 Å². The van der Waals surface area contributed by atoms with E-state index in [-0.39, 0.29) is 6.10 Å². The molecule has 0 atom stereocenters. The summed E-state index contributed by atoms with van der Waals surface area (Å²) in [5.74, 6) is 1.63. The Kier molecular flexibility index (Phi) is 4.52. The fraction of sp³-hybridized carbons (Fsp3) is 0.429. The number of aromatic amines is 1. The first kappa shape index (κ1) is 13.5. The lowest BCUT2D eigenvalue weighted by Gasteiger charge is -2.13. The summed E-state index contributed by atoms with van der Waals surface area (Å²) >= 11 is 0. The summed E-state index contributed by atoms with van der Waals surface area (Å²) in [5, 5.41) is 3.35. The van der Waals surface area contributed by atoms with Gasteiger partial charge in [0.15, 0.2) is 0 Å². The Morgan fingerprint density at radius 3 is 2.84 bits per heavy atom. The molecule has 0 radical (unpaired) electrons. The Bertz CT molecular complexity index is 522. The minimum Gasteiger partial charge on any atom is -0.475 e. The molecule has 2 N–H and O–H groups in total. The van der Waals surface area contributed by atoms with Crippen LogP contribution in [-0.2, 0) is 13.1 Å². The molecule has 2 rings (SSSR count). The fourth-order valence-electron chi connectivity index (χ4n) is 1.78. The van der Waals surface area contributed by atoms with Crippen molar-refractivity contribution in [3.63, 3.8) is 0 Å². The van der Waals surface area contributed by atoms with Crippen LogP contribution in [-0.4, -0.2) is 21.1 Å². The number of H-pyrrole nitrogens is 1. The van der Waals surface area contributed by atoms with E-state index >= 15 is 0 Å². The second kappa shape index (κ2) is 6.33. The molecule has 0 unspecified atom stereocenters. The van der Waals surface area contributed by atoms with E-state index in [1.807, 2.05) is 39.1 Å². The monoisotopic (exact) mass is 260 g/mol. The van der Waals surface area contributed by atoms with Gasteiger partial charge >= 0.3 is 0 Å². The molecule has 0 amide bonds. The minimum absolute atomic E-state index is 0.129. The summed E-state index contributed by atoms with van der Waals surface area (Å²) in [6, 6.07) is 3.94. The summed E-state index contributed by atoms with van der Waals surface area (Å²) < 4.78 is 5.68. The molecule has 0 aliphatic heterocycles. The first-order valence-electron chi connectivity index (χ1n) is 6.47. The highest BCUT2D eigenvalue weighted by Gasteiger charge is 2.06. The van der Waals surface area contributed by atoms with E-state index in [4.69, 9.17) is 4.74 Å². The third kappa shape index (κ3) is 4.06. The maximum Gasteiger partial charge on any atom is 0.218 e. The molecule has 2 aromatic rings. The van der Waals surface area contributed by atoms with Gasteiger partial charge in [-0.3, -0.25) is 0 Å². The number of imidazole rings is 1. The zero-order valence-corrected chi connectivity index (χ0v) is 11.6. The Labute approximate surface area is 113 Å². The maximum atomic E-state index is 5.68. The third-order valence-electron chi connectivity index (χ3n) is 2.58. The second-order valence-electron chi connectivity index (χ2n) is 4.73. The Morgan fingerprint density at radius 2 is 2.16 bits per heavy atom. The minimum atomic E-state index is 0.129. The molecule has 0 saturated heterocycles. The molecule has 5 heteroatoms. The van der Waals surface area contributed by atoms with Crippen LogP contribution in [0.15, 0.2) is 24.5 Å². The Morgan fingerprint density at radius 1 is 1.32 bits per heavy atom. The number of nitrogens with zero attached hydrogens (tertiary/aromatic N) is 2. The lowest BCUT2D eigenvalue weighted by molar-refractivity contribution is 0.229. The van der Waals surface area contributed by atoms with Crippen LogP contribution < -0.4 is 10.1 Å².